The lowest BCUT2D eigenvalue weighted by Crippen LogP contribution is -2.17. The second-order valence-electron chi connectivity index (χ2n) is 4.71. The maximum atomic E-state index is 12.0. The Balaban J connectivity index is 2.55. The molecule has 0 aliphatic rings. The molecule has 2 heteroatoms. The van der Waals surface area contributed by atoms with Gasteiger partial charge >= 0.3 is 0 Å². The molecule has 1 aromatic heterocycles. The summed E-state index contributed by atoms with van der Waals surface area (Å²) in [5.41, 5.74) is 2.84. The number of benzene rings is 1. The van der Waals surface area contributed by atoms with E-state index in [1.54, 1.807) is 23.8 Å². The molecule has 0 saturated heterocycles. The second-order valence-corrected chi connectivity index (χ2v) is 4.71. The number of hydrogen-bond acceptors (Lipinski definition) is 1. The van der Waals surface area contributed by atoms with Crippen LogP contribution < -0.4 is 5.56 Å². The predicted octanol–water partition coefficient (Wildman–Crippen LogP) is 3.52. The van der Waals surface area contributed by atoms with Gasteiger partial charge in [0, 0.05) is 19.3 Å². The summed E-state index contributed by atoms with van der Waals surface area (Å²) in [4.78, 5) is 12.0. The average Bonchev–Trinajstić information content (AvgIpc) is 2.39. The van der Waals surface area contributed by atoms with Gasteiger partial charge in [-0.15, -0.1) is 0 Å². The molecule has 94 valence electrons. The van der Waals surface area contributed by atoms with E-state index in [9.17, 15) is 4.79 Å². The van der Waals surface area contributed by atoms with Crippen LogP contribution in [0, 0.1) is 0 Å². The fraction of sp³-hybridized carbons (Fsp3) is 0.312. The molecule has 2 aromatic rings. The van der Waals surface area contributed by atoms with Crippen molar-refractivity contribution in [2.45, 2.75) is 33.1 Å². The van der Waals surface area contributed by atoms with E-state index in [-0.39, 0.29) is 12.0 Å². The van der Waals surface area contributed by atoms with E-state index in [0.717, 1.165) is 11.3 Å². The van der Waals surface area contributed by atoms with Crippen LogP contribution in [0.3, 0.4) is 0 Å². The molecule has 2 rings (SSSR count). The topological polar surface area (TPSA) is 22.0 Å². The van der Waals surface area contributed by atoms with Gasteiger partial charge in [0.25, 0.3) is 5.56 Å². The van der Waals surface area contributed by atoms with E-state index in [1.165, 1.54) is 11.6 Å². The summed E-state index contributed by atoms with van der Waals surface area (Å²) in [6, 6.07) is 11.2. The van der Waals surface area contributed by atoms with Crippen LogP contribution in [0.2, 0.25) is 0 Å². The molecule has 0 bridgehead atoms. The summed E-state index contributed by atoms with van der Waals surface area (Å²) in [5.74, 6) is 0.425. The summed E-state index contributed by atoms with van der Waals surface area (Å²) in [7, 11) is 0. The number of hydrogen-bond donors (Lipinski definition) is 0. The monoisotopic (exact) mass is 242 g/mol. The Hall–Kier alpha value is -1.83. The highest BCUT2D eigenvalue weighted by atomic mass is 16.1. The van der Waals surface area contributed by atoms with Gasteiger partial charge in [0.05, 0.1) is 0 Å². The standard InChI is InChI=1S/C16H19NO/c1-4-13-8-9-16(18)17(11-13)15-7-5-6-14(10-15)12(2)3/h5-12H,4H2,1-3H3/i4D. The van der Waals surface area contributed by atoms with Crippen molar-refractivity contribution < 1.29 is 1.37 Å². The smallest absolute Gasteiger partial charge is 0.255 e. The number of nitrogens with zero attached hydrogens (tertiary/aromatic N) is 1. The van der Waals surface area contributed by atoms with Gasteiger partial charge in [-0.1, -0.05) is 39.0 Å². The van der Waals surface area contributed by atoms with Crippen molar-refractivity contribution >= 4 is 0 Å². The molecule has 0 fully saturated rings. The molecule has 0 saturated carbocycles. The van der Waals surface area contributed by atoms with Crippen molar-refractivity contribution in [3.05, 3.63) is 64.1 Å². The highest BCUT2D eigenvalue weighted by molar-refractivity contribution is 5.38. The molecule has 1 heterocycles. The van der Waals surface area contributed by atoms with Crippen LogP contribution in [0.15, 0.2) is 47.4 Å². The number of rotatable bonds is 3. The fourth-order valence-electron chi connectivity index (χ4n) is 1.91. The van der Waals surface area contributed by atoms with E-state index in [4.69, 9.17) is 1.37 Å². The maximum absolute atomic E-state index is 12.0. The zero-order valence-corrected chi connectivity index (χ0v) is 11.1. The molecule has 0 aliphatic heterocycles. The first kappa shape index (κ1) is 11.3. The maximum Gasteiger partial charge on any atom is 0.255 e. The minimum absolute atomic E-state index is 0.0645. The van der Waals surface area contributed by atoms with Crippen LogP contribution in [0.5, 0.6) is 0 Å². The van der Waals surface area contributed by atoms with Crippen LogP contribution in [0.25, 0.3) is 5.69 Å². The highest BCUT2D eigenvalue weighted by Crippen LogP contribution is 2.17. The third kappa shape index (κ3) is 2.53. The van der Waals surface area contributed by atoms with Crippen LogP contribution in [0.4, 0.5) is 0 Å². The van der Waals surface area contributed by atoms with Crippen molar-refractivity contribution in [2.75, 3.05) is 0 Å². The Labute approximate surface area is 109 Å². The Morgan fingerprint density at radius 3 is 2.72 bits per heavy atom. The van der Waals surface area contributed by atoms with E-state index >= 15 is 0 Å². The van der Waals surface area contributed by atoms with Gasteiger partial charge in [0.2, 0.25) is 0 Å². The van der Waals surface area contributed by atoms with Crippen molar-refractivity contribution in [3.63, 3.8) is 0 Å². The van der Waals surface area contributed by atoms with Gasteiger partial charge in [-0.25, -0.2) is 0 Å². The van der Waals surface area contributed by atoms with Gasteiger partial charge in [-0.2, -0.15) is 0 Å². The van der Waals surface area contributed by atoms with Crippen molar-refractivity contribution in [3.8, 4) is 5.69 Å². The predicted molar refractivity (Wildman–Crippen MR) is 75.5 cm³/mol. The summed E-state index contributed by atoms with van der Waals surface area (Å²) < 4.78 is 9.36. The van der Waals surface area contributed by atoms with Gasteiger partial charge in [0.15, 0.2) is 0 Å². The quantitative estimate of drug-likeness (QED) is 0.807. The first-order chi connectivity index (χ1) is 8.99. The Bertz CT molecular complexity index is 629. The Kier molecular flexibility index (Phi) is 3.26. The third-order valence-corrected chi connectivity index (χ3v) is 3.08. The lowest BCUT2D eigenvalue weighted by atomic mass is 10.0. The zero-order valence-electron chi connectivity index (χ0n) is 12.1. The van der Waals surface area contributed by atoms with E-state index in [1.807, 2.05) is 18.2 Å². The summed E-state index contributed by atoms with van der Waals surface area (Å²) >= 11 is 0. The molecule has 1 aromatic carbocycles. The Morgan fingerprint density at radius 2 is 2.06 bits per heavy atom. The van der Waals surface area contributed by atoms with E-state index < -0.39 is 0 Å². The number of aryl methyl sites for hydroxylation is 1. The third-order valence-electron chi connectivity index (χ3n) is 3.08. The first-order valence-corrected chi connectivity index (χ1v) is 6.24. The average molecular weight is 242 g/mol. The summed E-state index contributed by atoms with van der Waals surface area (Å²) in [6.07, 6.45) is 1.43. The molecule has 0 spiro atoms. The number of pyridine rings is 1. The molecule has 1 unspecified atom stereocenters. The van der Waals surface area contributed by atoms with Crippen LogP contribution >= 0.6 is 0 Å². The van der Waals surface area contributed by atoms with Crippen LogP contribution in [-0.2, 0) is 6.40 Å². The molecule has 0 aliphatic carbocycles. The van der Waals surface area contributed by atoms with E-state index in [0.29, 0.717) is 5.92 Å². The minimum atomic E-state index is -0.333. The molecule has 18 heavy (non-hydrogen) atoms. The van der Waals surface area contributed by atoms with Crippen LogP contribution in [-0.4, -0.2) is 4.57 Å². The van der Waals surface area contributed by atoms with Crippen LogP contribution in [0.1, 0.15) is 39.2 Å². The molecular formula is C16H19NO. The molecule has 0 amide bonds. The highest BCUT2D eigenvalue weighted by Gasteiger charge is 2.04. The lowest BCUT2D eigenvalue weighted by Gasteiger charge is -2.11. The van der Waals surface area contributed by atoms with Crippen molar-refractivity contribution in [1.29, 1.82) is 0 Å². The molecule has 0 radical (unpaired) electrons. The molecule has 2 nitrogen and oxygen atoms in total. The van der Waals surface area contributed by atoms with Gasteiger partial charge in [-0.05, 0) is 35.6 Å². The SMILES string of the molecule is [2H]C(C)c1ccc(=O)n(-c2cccc(C(C)C)c2)c1. The summed E-state index contributed by atoms with van der Waals surface area (Å²) in [5, 5.41) is 0. The zero-order chi connectivity index (χ0) is 14.0. The van der Waals surface area contributed by atoms with Crippen molar-refractivity contribution in [2.24, 2.45) is 0 Å². The number of aromatic nitrogens is 1. The van der Waals surface area contributed by atoms with Crippen molar-refractivity contribution in [1.82, 2.24) is 4.57 Å². The minimum Gasteiger partial charge on any atom is -0.284 e. The summed E-state index contributed by atoms with van der Waals surface area (Å²) in [6.45, 7) is 6.06. The Morgan fingerprint density at radius 1 is 1.28 bits per heavy atom. The van der Waals surface area contributed by atoms with Gasteiger partial charge in [0.1, 0.15) is 0 Å². The fourth-order valence-corrected chi connectivity index (χ4v) is 1.91. The second kappa shape index (κ2) is 5.21. The van der Waals surface area contributed by atoms with E-state index in [2.05, 4.69) is 19.9 Å². The molecule has 0 N–H and O–H groups in total. The lowest BCUT2D eigenvalue weighted by molar-refractivity contribution is 0.859. The largest absolute Gasteiger partial charge is 0.284 e. The normalized spacial score (nSPS) is 13.4. The molecule has 1 atom stereocenters. The molecular weight excluding hydrogens is 222 g/mol. The first-order valence-electron chi connectivity index (χ1n) is 6.82. The van der Waals surface area contributed by atoms with Gasteiger partial charge < -0.3 is 0 Å². The van der Waals surface area contributed by atoms with Gasteiger partial charge in [-0.3, -0.25) is 9.36 Å².